The van der Waals surface area contributed by atoms with Crippen LogP contribution >= 0.6 is 0 Å². The van der Waals surface area contributed by atoms with E-state index < -0.39 is 23.8 Å². The summed E-state index contributed by atoms with van der Waals surface area (Å²) in [5.41, 5.74) is 0. The Bertz CT molecular complexity index is 212. The molecule has 2 atom stereocenters. The van der Waals surface area contributed by atoms with Gasteiger partial charge < -0.3 is 19.8 Å². The first-order valence-electron chi connectivity index (χ1n) is 3.69. The standard InChI is InChI=1S/C8H10O4.Ca/c9-7(10)5-3-1-2-4-6(5)8(11)12;/h1-2,5-6H,3-4H2,(H,9,10)(H,11,12);/q;+2/p-2. The number of allylic oxidation sites excluding steroid dienone is 2. The number of carbonyl (C=O) groups is 2. The van der Waals surface area contributed by atoms with Crippen LogP contribution in [-0.2, 0) is 9.59 Å². The number of carbonyl (C=O) groups excluding carboxylic acids is 2. The first kappa shape index (κ1) is 12.9. The molecule has 0 N–H and O–H groups in total. The van der Waals surface area contributed by atoms with Crippen LogP contribution in [0.4, 0.5) is 0 Å². The maximum atomic E-state index is 10.4. The maximum Gasteiger partial charge on any atom is 2.00 e. The van der Waals surface area contributed by atoms with Gasteiger partial charge in [-0.3, -0.25) is 0 Å². The Labute approximate surface area is 106 Å². The fraction of sp³-hybridized carbons (Fsp3) is 0.500. The second-order valence-corrected chi connectivity index (χ2v) is 2.79. The Hall–Kier alpha value is -0.0603. The van der Waals surface area contributed by atoms with Crippen LogP contribution in [0.3, 0.4) is 0 Å². The Balaban J connectivity index is 0.00000144. The molecule has 0 radical (unpaired) electrons. The molecule has 0 aromatic heterocycles. The zero-order valence-corrected chi connectivity index (χ0v) is 9.27. The van der Waals surface area contributed by atoms with Gasteiger partial charge in [-0.2, -0.15) is 0 Å². The SMILES string of the molecule is O=C([O-])C1CC=CCC1C(=O)[O-].[Ca+2]. The molecule has 0 bridgehead atoms. The van der Waals surface area contributed by atoms with Crippen LogP contribution in [0.5, 0.6) is 0 Å². The van der Waals surface area contributed by atoms with E-state index >= 15 is 0 Å². The van der Waals surface area contributed by atoms with Gasteiger partial charge in [0.15, 0.2) is 0 Å². The molecule has 66 valence electrons. The van der Waals surface area contributed by atoms with Crippen molar-refractivity contribution in [3.63, 3.8) is 0 Å². The molecule has 0 aliphatic heterocycles. The van der Waals surface area contributed by atoms with E-state index in [4.69, 9.17) is 0 Å². The normalized spacial score (nSPS) is 26.2. The summed E-state index contributed by atoms with van der Waals surface area (Å²) in [7, 11) is 0. The predicted octanol–water partition coefficient (Wildman–Crippen LogP) is -2.31. The van der Waals surface area contributed by atoms with Gasteiger partial charge in [0, 0.05) is 23.8 Å². The Morgan fingerprint density at radius 2 is 1.31 bits per heavy atom. The van der Waals surface area contributed by atoms with Crippen molar-refractivity contribution in [2.24, 2.45) is 11.8 Å². The van der Waals surface area contributed by atoms with Crippen molar-refractivity contribution in [3.05, 3.63) is 12.2 Å². The first-order valence-corrected chi connectivity index (χ1v) is 3.69. The van der Waals surface area contributed by atoms with Crippen molar-refractivity contribution in [1.82, 2.24) is 0 Å². The topological polar surface area (TPSA) is 80.3 Å². The molecule has 0 spiro atoms. The molecule has 0 fully saturated rings. The molecule has 0 amide bonds. The van der Waals surface area contributed by atoms with Crippen molar-refractivity contribution >= 4 is 49.7 Å². The zero-order valence-electron chi connectivity index (χ0n) is 7.06. The molecule has 0 aromatic rings. The van der Waals surface area contributed by atoms with Crippen LogP contribution in [0.2, 0.25) is 0 Å². The summed E-state index contributed by atoms with van der Waals surface area (Å²) in [5, 5.41) is 20.9. The van der Waals surface area contributed by atoms with Crippen molar-refractivity contribution in [1.29, 1.82) is 0 Å². The summed E-state index contributed by atoms with van der Waals surface area (Å²) in [6.45, 7) is 0. The number of aliphatic carboxylic acids is 2. The van der Waals surface area contributed by atoms with Crippen LogP contribution in [0, 0.1) is 11.8 Å². The van der Waals surface area contributed by atoms with E-state index in [1.807, 2.05) is 0 Å². The largest absolute Gasteiger partial charge is 2.00 e. The number of carboxylic acids is 2. The van der Waals surface area contributed by atoms with Gasteiger partial charge >= 0.3 is 37.7 Å². The van der Waals surface area contributed by atoms with Crippen molar-refractivity contribution in [2.75, 3.05) is 0 Å². The van der Waals surface area contributed by atoms with E-state index in [1.165, 1.54) is 0 Å². The van der Waals surface area contributed by atoms with Gasteiger partial charge in [-0.05, 0) is 12.8 Å². The summed E-state index contributed by atoms with van der Waals surface area (Å²) in [6.07, 6.45) is 3.75. The minimum Gasteiger partial charge on any atom is -0.550 e. The number of rotatable bonds is 2. The molecule has 4 nitrogen and oxygen atoms in total. The van der Waals surface area contributed by atoms with Gasteiger partial charge in [-0.15, -0.1) is 0 Å². The molecule has 0 heterocycles. The van der Waals surface area contributed by atoms with E-state index in [0.29, 0.717) is 0 Å². The molecule has 5 heteroatoms. The Kier molecular flexibility index (Phi) is 5.60. The fourth-order valence-electron chi connectivity index (χ4n) is 1.34. The number of carboxylic acid groups (broad SMARTS) is 2. The van der Waals surface area contributed by atoms with Crippen LogP contribution in [0.25, 0.3) is 0 Å². The molecular formula is C8H8CaO4. The van der Waals surface area contributed by atoms with E-state index in [2.05, 4.69) is 0 Å². The molecular weight excluding hydrogens is 200 g/mol. The minimum absolute atomic E-state index is 0. The zero-order chi connectivity index (χ0) is 9.14. The minimum atomic E-state index is -1.31. The first-order chi connectivity index (χ1) is 5.63. The van der Waals surface area contributed by atoms with E-state index in [1.54, 1.807) is 12.2 Å². The van der Waals surface area contributed by atoms with Gasteiger partial charge in [0.1, 0.15) is 0 Å². The van der Waals surface area contributed by atoms with E-state index in [-0.39, 0.29) is 50.6 Å². The number of hydrogen-bond donors (Lipinski definition) is 0. The monoisotopic (exact) mass is 208 g/mol. The Morgan fingerprint density at radius 3 is 1.54 bits per heavy atom. The molecule has 0 saturated carbocycles. The van der Waals surface area contributed by atoms with Crippen LogP contribution in [0.15, 0.2) is 12.2 Å². The van der Waals surface area contributed by atoms with Crippen molar-refractivity contribution < 1.29 is 19.8 Å². The van der Waals surface area contributed by atoms with Gasteiger partial charge in [-0.1, -0.05) is 12.2 Å². The van der Waals surface area contributed by atoms with Gasteiger partial charge in [-0.25, -0.2) is 0 Å². The molecule has 13 heavy (non-hydrogen) atoms. The molecule has 2 unspecified atom stereocenters. The maximum absolute atomic E-state index is 10.4. The third-order valence-electron chi connectivity index (χ3n) is 2.04. The van der Waals surface area contributed by atoms with Crippen LogP contribution < -0.4 is 10.2 Å². The van der Waals surface area contributed by atoms with E-state index in [0.717, 1.165) is 0 Å². The molecule has 0 aromatic carbocycles. The summed E-state index contributed by atoms with van der Waals surface area (Å²) in [6, 6.07) is 0. The quantitative estimate of drug-likeness (QED) is 0.377. The molecule has 1 aliphatic carbocycles. The predicted molar refractivity (Wildman–Crippen MR) is 41.1 cm³/mol. The summed E-state index contributed by atoms with van der Waals surface area (Å²) < 4.78 is 0. The average molecular weight is 208 g/mol. The van der Waals surface area contributed by atoms with Crippen molar-refractivity contribution in [3.8, 4) is 0 Å². The van der Waals surface area contributed by atoms with Gasteiger partial charge in [0.05, 0.1) is 0 Å². The van der Waals surface area contributed by atoms with E-state index in [9.17, 15) is 19.8 Å². The van der Waals surface area contributed by atoms with Crippen LogP contribution in [-0.4, -0.2) is 49.7 Å². The van der Waals surface area contributed by atoms with Crippen molar-refractivity contribution in [2.45, 2.75) is 12.8 Å². The smallest absolute Gasteiger partial charge is 0.550 e. The average Bonchev–Trinajstić information content (AvgIpc) is 2.04. The second kappa shape index (κ2) is 5.62. The molecule has 1 aliphatic rings. The summed E-state index contributed by atoms with van der Waals surface area (Å²) >= 11 is 0. The Morgan fingerprint density at radius 1 is 1.00 bits per heavy atom. The number of hydrogen-bond acceptors (Lipinski definition) is 4. The third-order valence-corrected chi connectivity index (χ3v) is 2.04. The molecule has 1 rings (SSSR count). The van der Waals surface area contributed by atoms with Crippen LogP contribution in [0.1, 0.15) is 12.8 Å². The summed E-state index contributed by atoms with van der Waals surface area (Å²) in [5.74, 6) is -4.48. The summed E-state index contributed by atoms with van der Waals surface area (Å²) in [4.78, 5) is 20.9. The second-order valence-electron chi connectivity index (χ2n) is 2.79. The fourth-order valence-corrected chi connectivity index (χ4v) is 1.34. The van der Waals surface area contributed by atoms with Gasteiger partial charge in [0.25, 0.3) is 0 Å². The molecule has 0 saturated heterocycles. The third kappa shape index (κ3) is 3.29. The van der Waals surface area contributed by atoms with Gasteiger partial charge in [0.2, 0.25) is 0 Å².